The largest absolute Gasteiger partial charge is 0.339 e. The lowest BCUT2D eigenvalue weighted by molar-refractivity contribution is -0.113. The number of thioether (sulfide) groups is 1. The number of piperidine rings is 1. The normalized spacial score (nSPS) is 21.2. The number of rotatable bonds is 2. The summed E-state index contributed by atoms with van der Waals surface area (Å²) in [4.78, 5) is 47.1. The zero-order chi connectivity index (χ0) is 26.0. The van der Waals surface area contributed by atoms with E-state index in [9.17, 15) is 14.4 Å². The summed E-state index contributed by atoms with van der Waals surface area (Å²) in [5, 5.41) is 11.1. The van der Waals surface area contributed by atoms with Crippen LogP contribution in [0.15, 0.2) is 41.6 Å². The Morgan fingerprint density at radius 3 is 2.82 bits per heavy atom. The van der Waals surface area contributed by atoms with Gasteiger partial charge >= 0.3 is 0 Å². The van der Waals surface area contributed by atoms with Crippen molar-refractivity contribution in [1.82, 2.24) is 20.1 Å². The molecule has 194 valence electrons. The van der Waals surface area contributed by atoms with Gasteiger partial charge in [0.15, 0.2) is 5.69 Å². The molecule has 7 rings (SSSR count). The van der Waals surface area contributed by atoms with E-state index in [0.717, 1.165) is 47.7 Å². The van der Waals surface area contributed by atoms with Crippen molar-refractivity contribution in [2.24, 2.45) is 0 Å². The topological polar surface area (TPSA) is 111 Å². The van der Waals surface area contributed by atoms with Crippen molar-refractivity contribution in [3.63, 3.8) is 0 Å². The molecular weight excluding hydrogens is 500 g/mol. The number of para-hydroxylation sites is 1. The van der Waals surface area contributed by atoms with Crippen molar-refractivity contribution in [2.45, 2.75) is 49.0 Å². The number of nitrogens with one attached hydrogen (secondary N) is 2. The Bertz CT molecular complexity index is 1490. The quantitative estimate of drug-likeness (QED) is 0.524. The van der Waals surface area contributed by atoms with E-state index in [2.05, 4.69) is 33.5 Å². The van der Waals surface area contributed by atoms with Gasteiger partial charge in [0.1, 0.15) is 5.03 Å². The number of likely N-dealkylation sites (tertiary alicyclic amines) is 1. The van der Waals surface area contributed by atoms with E-state index in [1.807, 2.05) is 28.0 Å². The lowest BCUT2D eigenvalue weighted by Gasteiger charge is -2.40. The number of nitrogens with zero attached hydrogens (tertiary/aromatic N) is 4. The molecule has 1 aromatic carbocycles. The Morgan fingerprint density at radius 2 is 1.97 bits per heavy atom. The van der Waals surface area contributed by atoms with Crippen LogP contribution in [0.4, 0.5) is 11.4 Å². The summed E-state index contributed by atoms with van der Waals surface area (Å²) in [6, 6.07) is 9.90. The van der Waals surface area contributed by atoms with Gasteiger partial charge in [-0.2, -0.15) is 5.10 Å². The smallest absolute Gasteiger partial charge is 0.279 e. The standard InChI is InChI=1S/C28H28N6O3S/c1-16-6-7-18-23(16)31-32-24(18)27(37)34-15-28(19-4-2-3-5-21(19)34)8-10-33(11-9-28)26(36)17-12-20-25(29-13-17)38-14-22(35)30-20/h2-5,12-13,16H,6-11,14-15H2,1H3,(H,30,35)(H,31,32). The van der Waals surface area contributed by atoms with Crippen molar-refractivity contribution < 1.29 is 14.4 Å². The Kier molecular flexibility index (Phi) is 5.36. The van der Waals surface area contributed by atoms with Crippen LogP contribution in [0.2, 0.25) is 0 Å². The molecule has 5 heterocycles. The van der Waals surface area contributed by atoms with Crippen LogP contribution in [0.5, 0.6) is 0 Å². The molecule has 1 spiro atoms. The molecule has 1 atom stereocenters. The zero-order valence-corrected chi connectivity index (χ0v) is 21.9. The highest BCUT2D eigenvalue weighted by atomic mass is 32.2. The maximum Gasteiger partial charge on any atom is 0.279 e. The van der Waals surface area contributed by atoms with E-state index in [-0.39, 0.29) is 23.1 Å². The third-order valence-electron chi connectivity index (χ3n) is 8.61. The molecule has 1 fully saturated rings. The number of amides is 3. The number of pyridine rings is 1. The SMILES string of the molecule is CC1CCc2c(C(=O)N3CC4(CCN(C(=O)c5cnc6c(c5)NC(=O)CS6)CC4)c4ccccc43)n[nH]c21. The maximum atomic E-state index is 13.8. The van der Waals surface area contributed by atoms with Gasteiger partial charge in [-0.05, 0) is 49.3 Å². The number of fused-ring (bicyclic) bond motifs is 4. The fraction of sp³-hybridized carbons (Fsp3) is 0.393. The molecule has 1 saturated heterocycles. The zero-order valence-electron chi connectivity index (χ0n) is 21.1. The summed E-state index contributed by atoms with van der Waals surface area (Å²) in [5.74, 6) is 0.532. The molecule has 3 aliphatic heterocycles. The highest BCUT2D eigenvalue weighted by Crippen LogP contribution is 2.48. The summed E-state index contributed by atoms with van der Waals surface area (Å²) < 4.78 is 0. The van der Waals surface area contributed by atoms with Gasteiger partial charge in [-0.1, -0.05) is 36.9 Å². The average molecular weight is 529 g/mol. The Balaban J connectivity index is 1.11. The minimum atomic E-state index is -0.200. The van der Waals surface area contributed by atoms with Crippen LogP contribution >= 0.6 is 11.8 Å². The van der Waals surface area contributed by atoms with E-state index in [4.69, 9.17) is 0 Å². The first-order valence-corrected chi connectivity index (χ1v) is 14.1. The fourth-order valence-electron chi connectivity index (χ4n) is 6.50. The first kappa shape index (κ1) is 23.5. The Hall–Kier alpha value is -3.66. The van der Waals surface area contributed by atoms with Crippen LogP contribution in [0, 0.1) is 0 Å². The second kappa shape index (κ2) is 8.69. The summed E-state index contributed by atoms with van der Waals surface area (Å²) in [7, 11) is 0. The number of benzene rings is 1. The van der Waals surface area contributed by atoms with E-state index < -0.39 is 0 Å². The second-order valence-corrected chi connectivity index (χ2v) is 11.8. The summed E-state index contributed by atoms with van der Waals surface area (Å²) in [5.41, 5.74) is 5.72. The molecule has 2 aromatic heterocycles. The molecule has 10 heteroatoms. The number of hydrogen-bond acceptors (Lipinski definition) is 6. The molecule has 4 aliphatic rings. The van der Waals surface area contributed by atoms with Crippen molar-refractivity contribution in [2.75, 3.05) is 35.6 Å². The first-order valence-electron chi connectivity index (χ1n) is 13.1. The lowest BCUT2D eigenvalue weighted by atomic mass is 9.74. The number of anilines is 2. The predicted octanol–water partition coefficient (Wildman–Crippen LogP) is 3.73. The maximum absolute atomic E-state index is 13.8. The molecule has 3 amide bonds. The van der Waals surface area contributed by atoms with Crippen LogP contribution in [0.25, 0.3) is 0 Å². The van der Waals surface area contributed by atoms with Crippen molar-refractivity contribution in [3.05, 3.63) is 64.6 Å². The molecular formula is C28H28N6O3S. The van der Waals surface area contributed by atoms with Crippen LogP contribution < -0.4 is 10.2 Å². The third-order valence-corrected chi connectivity index (χ3v) is 9.62. The van der Waals surface area contributed by atoms with Crippen LogP contribution in [-0.2, 0) is 16.6 Å². The van der Waals surface area contributed by atoms with Crippen LogP contribution in [-0.4, -0.2) is 63.2 Å². The first-order chi connectivity index (χ1) is 18.4. The van der Waals surface area contributed by atoms with Crippen molar-refractivity contribution in [3.8, 4) is 0 Å². The second-order valence-electron chi connectivity index (χ2n) is 10.8. The highest BCUT2D eigenvalue weighted by molar-refractivity contribution is 8.00. The van der Waals surface area contributed by atoms with Crippen molar-refractivity contribution >= 4 is 40.9 Å². The molecule has 3 aromatic rings. The summed E-state index contributed by atoms with van der Waals surface area (Å²) >= 11 is 1.38. The monoisotopic (exact) mass is 528 g/mol. The third kappa shape index (κ3) is 3.57. The van der Waals surface area contributed by atoms with E-state index in [1.54, 1.807) is 12.3 Å². The van der Waals surface area contributed by atoms with Crippen LogP contribution in [0.3, 0.4) is 0 Å². The Labute approximate surface area is 224 Å². The molecule has 9 nitrogen and oxygen atoms in total. The summed E-state index contributed by atoms with van der Waals surface area (Å²) in [6.45, 7) is 3.93. The van der Waals surface area contributed by atoms with Gasteiger partial charge in [0, 0.05) is 48.2 Å². The number of hydrogen-bond donors (Lipinski definition) is 2. The summed E-state index contributed by atoms with van der Waals surface area (Å²) in [6.07, 6.45) is 5.05. The molecule has 0 bridgehead atoms. The highest BCUT2D eigenvalue weighted by Gasteiger charge is 2.47. The number of carbonyl (C=O) groups is 3. The number of aromatic amines is 1. The van der Waals surface area contributed by atoms with Gasteiger partial charge in [0.25, 0.3) is 11.8 Å². The lowest BCUT2D eigenvalue weighted by Crippen LogP contribution is -2.48. The van der Waals surface area contributed by atoms with Gasteiger partial charge in [0.2, 0.25) is 5.91 Å². The molecule has 1 aliphatic carbocycles. The van der Waals surface area contributed by atoms with Gasteiger partial charge in [-0.15, -0.1) is 0 Å². The van der Waals surface area contributed by atoms with Gasteiger partial charge in [-0.3, -0.25) is 19.5 Å². The number of H-pyrrole nitrogens is 1. The van der Waals surface area contributed by atoms with E-state index in [1.165, 1.54) is 17.3 Å². The average Bonchev–Trinajstić information content (AvgIpc) is 3.62. The van der Waals surface area contributed by atoms with E-state index in [0.29, 0.717) is 48.2 Å². The van der Waals surface area contributed by atoms with E-state index >= 15 is 0 Å². The van der Waals surface area contributed by atoms with Gasteiger partial charge in [0.05, 0.1) is 17.0 Å². The Morgan fingerprint density at radius 1 is 1.16 bits per heavy atom. The molecule has 2 N–H and O–H groups in total. The van der Waals surface area contributed by atoms with Gasteiger partial charge in [-0.25, -0.2) is 4.98 Å². The molecule has 0 radical (unpaired) electrons. The molecule has 1 unspecified atom stereocenters. The minimum absolute atomic E-state index is 0.0421. The van der Waals surface area contributed by atoms with Crippen LogP contribution in [0.1, 0.15) is 69.8 Å². The van der Waals surface area contributed by atoms with Gasteiger partial charge < -0.3 is 15.1 Å². The predicted molar refractivity (Wildman–Crippen MR) is 144 cm³/mol. The number of aromatic nitrogens is 3. The number of carbonyl (C=O) groups excluding carboxylic acids is 3. The molecule has 38 heavy (non-hydrogen) atoms. The molecule has 0 saturated carbocycles. The fourth-order valence-corrected chi connectivity index (χ4v) is 7.24. The minimum Gasteiger partial charge on any atom is -0.339 e. The van der Waals surface area contributed by atoms with Crippen molar-refractivity contribution in [1.29, 1.82) is 0 Å².